The molecular formula is C27H30N4O3. The van der Waals surface area contributed by atoms with Gasteiger partial charge in [-0.15, -0.1) is 0 Å². The molecule has 0 saturated carbocycles. The molecule has 0 unspecified atom stereocenters. The largest absolute Gasteiger partial charge is 0.491 e. The van der Waals surface area contributed by atoms with Gasteiger partial charge in [0.05, 0.1) is 19.3 Å². The molecule has 5 rings (SSSR count). The van der Waals surface area contributed by atoms with Crippen molar-refractivity contribution in [1.82, 2.24) is 20.2 Å². The number of rotatable bonds is 2. The third-order valence-corrected chi connectivity index (χ3v) is 6.37. The fraction of sp³-hybridized carbons (Fsp3) is 0.370. The Hall–Kier alpha value is -3.29. The molecule has 2 aromatic carbocycles. The van der Waals surface area contributed by atoms with E-state index in [4.69, 9.17) is 9.47 Å². The van der Waals surface area contributed by atoms with E-state index in [1.165, 1.54) is 11.9 Å². The van der Waals surface area contributed by atoms with Gasteiger partial charge in [-0.25, -0.2) is 9.97 Å². The van der Waals surface area contributed by atoms with E-state index in [0.29, 0.717) is 32.9 Å². The van der Waals surface area contributed by atoms with Crippen molar-refractivity contribution in [3.05, 3.63) is 77.9 Å². The van der Waals surface area contributed by atoms with Crippen LogP contribution in [0.25, 0.3) is 11.1 Å². The lowest BCUT2D eigenvalue weighted by molar-refractivity contribution is -0.134. The molecule has 34 heavy (non-hydrogen) atoms. The number of aromatic nitrogens is 2. The van der Waals surface area contributed by atoms with Gasteiger partial charge in [0.25, 0.3) is 0 Å². The molecule has 0 spiro atoms. The topological polar surface area (TPSA) is 76.6 Å². The molecule has 2 bridgehead atoms. The number of hydrogen-bond acceptors (Lipinski definition) is 6. The second kappa shape index (κ2) is 10.8. The maximum absolute atomic E-state index is 13.1. The number of nitrogens with zero attached hydrogens (tertiary/aromatic N) is 3. The Morgan fingerprint density at radius 3 is 2.74 bits per heavy atom. The molecule has 1 N–H and O–H groups in total. The normalized spacial score (nSPS) is 19.1. The second-order valence-electron chi connectivity index (χ2n) is 8.82. The third-order valence-electron chi connectivity index (χ3n) is 6.37. The molecule has 0 aliphatic carbocycles. The van der Waals surface area contributed by atoms with Crippen LogP contribution in [0.3, 0.4) is 0 Å². The van der Waals surface area contributed by atoms with Gasteiger partial charge >= 0.3 is 0 Å². The first kappa shape index (κ1) is 22.5. The van der Waals surface area contributed by atoms with Crippen molar-refractivity contribution in [3.63, 3.8) is 0 Å². The summed E-state index contributed by atoms with van der Waals surface area (Å²) in [7, 11) is 0. The van der Waals surface area contributed by atoms with E-state index in [2.05, 4.69) is 45.6 Å². The Balaban J connectivity index is 1.43. The number of hydrogen-bond donors (Lipinski definition) is 1. The molecule has 1 fully saturated rings. The molecule has 7 heteroatoms. The number of nitrogens with one attached hydrogen (secondary N) is 1. The average molecular weight is 459 g/mol. The Morgan fingerprint density at radius 2 is 1.88 bits per heavy atom. The molecule has 1 aromatic heterocycles. The highest BCUT2D eigenvalue weighted by Crippen LogP contribution is 2.28. The zero-order chi connectivity index (χ0) is 23.2. The van der Waals surface area contributed by atoms with Crippen molar-refractivity contribution in [2.24, 2.45) is 0 Å². The Morgan fingerprint density at radius 1 is 1.00 bits per heavy atom. The van der Waals surface area contributed by atoms with Crippen LogP contribution in [0.1, 0.15) is 29.5 Å². The lowest BCUT2D eigenvalue weighted by Crippen LogP contribution is -2.44. The van der Waals surface area contributed by atoms with Gasteiger partial charge in [-0.2, -0.15) is 0 Å². The average Bonchev–Trinajstić information content (AvgIpc) is 3.41. The summed E-state index contributed by atoms with van der Waals surface area (Å²) in [5.41, 5.74) is 5.42. The van der Waals surface area contributed by atoms with Crippen LogP contribution >= 0.6 is 0 Å². The molecule has 1 saturated heterocycles. The minimum Gasteiger partial charge on any atom is -0.491 e. The number of ether oxygens (including phenoxy) is 2. The van der Waals surface area contributed by atoms with Crippen molar-refractivity contribution >= 4 is 5.91 Å². The van der Waals surface area contributed by atoms with Crippen molar-refractivity contribution in [1.29, 1.82) is 0 Å². The molecule has 3 aromatic rings. The SMILES string of the molecule is O=C([C@H]1CCCN1)N1CCOCCOc2ccc(-c3cncnc3)cc2Cc2cccc(c2)C1. The van der Waals surface area contributed by atoms with Gasteiger partial charge < -0.3 is 19.7 Å². The van der Waals surface area contributed by atoms with Crippen LogP contribution < -0.4 is 10.1 Å². The molecule has 2 aliphatic heterocycles. The van der Waals surface area contributed by atoms with Crippen LogP contribution in [0.15, 0.2) is 61.2 Å². The summed E-state index contributed by atoms with van der Waals surface area (Å²) in [6, 6.07) is 14.6. The van der Waals surface area contributed by atoms with Crippen molar-refractivity contribution in [3.8, 4) is 16.9 Å². The highest BCUT2D eigenvalue weighted by atomic mass is 16.5. The molecule has 2 aliphatic rings. The first-order valence-electron chi connectivity index (χ1n) is 11.9. The van der Waals surface area contributed by atoms with E-state index in [9.17, 15) is 4.79 Å². The summed E-state index contributed by atoms with van der Waals surface area (Å²) in [6.07, 6.45) is 7.84. The molecular weight excluding hydrogens is 428 g/mol. The zero-order valence-electron chi connectivity index (χ0n) is 19.3. The summed E-state index contributed by atoms with van der Waals surface area (Å²) in [4.78, 5) is 23.4. The number of amides is 1. The molecule has 3 heterocycles. The summed E-state index contributed by atoms with van der Waals surface area (Å²) < 4.78 is 11.9. The van der Waals surface area contributed by atoms with Crippen molar-refractivity contribution in [2.75, 3.05) is 32.9 Å². The minimum absolute atomic E-state index is 0.0855. The maximum atomic E-state index is 13.1. The zero-order valence-corrected chi connectivity index (χ0v) is 19.3. The summed E-state index contributed by atoms with van der Waals surface area (Å²) in [5, 5.41) is 3.33. The van der Waals surface area contributed by atoms with Crippen LogP contribution in [0.2, 0.25) is 0 Å². The molecule has 7 nitrogen and oxygen atoms in total. The number of fused-ring (bicyclic) bond motifs is 3. The third kappa shape index (κ3) is 5.43. The van der Waals surface area contributed by atoms with Gasteiger partial charge in [-0.3, -0.25) is 4.79 Å². The van der Waals surface area contributed by atoms with Crippen LogP contribution in [0.4, 0.5) is 0 Å². The fourth-order valence-corrected chi connectivity index (χ4v) is 4.63. The van der Waals surface area contributed by atoms with Crippen LogP contribution in [-0.4, -0.2) is 59.7 Å². The van der Waals surface area contributed by atoms with E-state index in [1.807, 2.05) is 29.4 Å². The van der Waals surface area contributed by atoms with Crippen molar-refractivity contribution < 1.29 is 14.3 Å². The van der Waals surface area contributed by atoms with E-state index in [-0.39, 0.29) is 11.9 Å². The summed E-state index contributed by atoms with van der Waals surface area (Å²) >= 11 is 0. The highest BCUT2D eigenvalue weighted by Gasteiger charge is 2.27. The lowest BCUT2D eigenvalue weighted by Gasteiger charge is -2.26. The fourth-order valence-electron chi connectivity index (χ4n) is 4.63. The van der Waals surface area contributed by atoms with Gasteiger partial charge in [-0.1, -0.05) is 30.3 Å². The van der Waals surface area contributed by atoms with E-state index < -0.39 is 0 Å². The van der Waals surface area contributed by atoms with Crippen LogP contribution in [0.5, 0.6) is 5.75 Å². The number of carbonyl (C=O) groups excluding carboxylic acids is 1. The van der Waals surface area contributed by atoms with Crippen LogP contribution in [-0.2, 0) is 22.5 Å². The maximum Gasteiger partial charge on any atom is 0.240 e. The van der Waals surface area contributed by atoms with E-state index >= 15 is 0 Å². The van der Waals surface area contributed by atoms with Gasteiger partial charge in [0.1, 0.15) is 18.7 Å². The highest BCUT2D eigenvalue weighted by molar-refractivity contribution is 5.82. The second-order valence-corrected chi connectivity index (χ2v) is 8.82. The minimum atomic E-state index is -0.0855. The Kier molecular flexibility index (Phi) is 7.12. The molecule has 176 valence electrons. The smallest absolute Gasteiger partial charge is 0.240 e. The van der Waals surface area contributed by atoms with Gasteiger partial charge in [-0.05, 0) is 53.8 Å². The Bertz CT molecular complexity index is 1120. The quantitative estimate of drug-likeness (QED) is 0.636. The predicted octanol–water partition coefficient (Wildman–Crippen LogP) is 3.22. The van der Waals surface area contributed by atoms with Gasteiger partial charge in [0, 0.05) is 37.5 Å². The van der Waals surface area contributed by atoms with Gasteiger partial charge in [0.15, 0.2) is 0 Å². The van der Waals surface area contributed by atoms with Crippen molar-refractivity contribution in [2.45, 2.75) is 31.8 Å². The lowest BCUT2D eigenvalue weighted by atomic mass is 9.98. The first-order valence-corrected chi connectivity index (χ1v) is 11.9. The van der Waals surface area contributed by atoms with E-state index in [1.54, 1.807) is 0 Å². The molecule has 1 amide bonds. The molecule has 1 atom stereocenters. The van der Waals surface area contributed by atoms with E-state index in [0.717, 1.165) is 53.8 Å². The number of benzene rings is 2. The number of carbonyl (C=O) groups is 1. The predicted molar refractivity (Wildman–Crippen MR) is 129 cm³/mol. The van der Waals surface area contributed by atoms with Gasteiger partial charge in [0.2, 0.25) is 5.91 Å². The summed E-state index contributed by atoms with van der Waals surface area (Å²) in [6.45, 7) is 3.48. The Labute approximate surface area is 200 Å². The standard InChI is InChI=1S/C27H30N4O3/c32-27(25-5-2-8-30-25)31-9-10-33-11-12-34-26-7-6-22(24-16-28-19-29-17-24)15-23(26)14-20-3-1-4-21(13-20)18-31/h1,3-4,6-7,13,15-17,19,25,30H,2,5,8-12,14,18H2/t25-/m1/s1. The summed E-state index contributed by atoms with van der Waals surface area (Å²) in [5.74, 6) is 1.02. The first-order chi connectivity index (χ1) is 16.8. The monoisotopic (exact) mass is 458 g/mol. The molecule has 0 radical (unpaired) electrons. The van der Waals surface area contributed by atoms with Crippen LogP contribution in [0, 0.1) is 0 Å².